The number of nitrogens with two attached hydrogens (primary N) is 1. The lowest BCUT2D eigenvalue weighted by Crippen LogP contribution is -2.48. The largest absolute Gasteiger partial charge is 0.497 e. The third-order valence-corrected chi connectivity index (χ3v) is 5.96. The molecule has 8 heteroatoms. The molecule has 0 unspecified atom stereocenters. The summed E-state index contributed by atoms with van der Waals surface area (Å²) in [6.45, 7) is 1.04. The van der Waals surface area contributed by atoms with Crippen molar-refractivity contribution >= 4 is 22.7 Å². The van der Waals surface area contributed by atoms with Crippen LogP contribution in [-0.2, 0) is 22.7 Å². The zero-order valence-electron chi connectivity index (χ0n) is 17.9. The van der Waals surface area contributed by atoms with E-state index in [2.05, 4.69) is 10.6 Å². The van der Waals surface area contributed by atoms with Crippen molar-refractivity contribution in [1.82, 2.24) is 15.2 Å². The number of methoxy groups -OCH3 is 1. The second kappa shape index (κ2) is 9.40. The summed E-state index contributed by atoms with van der Waals surface area (Å²) in [5.74, 6) is -0.285. The highest BCUT2D eigenvalue weighted by atomic mass is 19.1. The van der Waals surface area contributed by atoms with Gasteiger partial charge in [-0.3, -0.25) is 9.59 Å². The molecule has 0 bridgehead atoms. The lowest BCUT2D eigenvalue weighted by molar-refractivity contribution is -0.124. The molecule has 168 valence electrons. The van der Waals surface area contributed by atoms with E-state index in [-0.39, 0.29) is 30.1 Å². The van der Waals surface area contributed by atoms with Crippen LogP contribution >= 0.6 is 0 Å². The van der Waals surface area contributed by atoms with E-state index in [1.54, 1.807) is 12.1 Å². The monoisotopic (exact) mass is 438 g/mol. The standard InChI is InChI=1S/C24H27FN4O3/c1-32-16-6-7-19(25)18(12-16)24-20(8-9-23(31)28-24)27-13-15-14-29(11-10-22(26)30)21-5-3-2-4-17(15)21/h2-7,12,14,20,24,27H,8-11,13H2,1H3,(H2,26,30)(H,28,31)/t20-,24+/m1/s1. The summed E-state index contributed by atoms with van der Waals surface area (Å²) in [7, 11) is 1.53. The Morgan fingerprint density at radius 3 is 2.91 bits per heavy atom. The number of halogens is 1. The van der Waals surface area contributed by atoms with Crippen LogP contribution in [0.4, 0.5) is 4.39 Å². The number of carbonyl (C=O) groups is 2. The highest BCUT2D eigenvalue weighted by molar-refractivity contribution is 5.84. The second-order valence-electron chi connectivity index (χ2n) is 8.04. The zero-order valence-corrected chi connectivity index (χ0v) is 17.9. The van der Waals surface area contributed by atoms with Gasteiger partial charge in [-0.25, -0.2) is 4.39 Å². The fourth-order valence-corrected chi connectivity index (χ4v) is 4.32. The van der Waals surface area contributed by atoms with Gasteiger partial charge in [0.25, 0.3) is 0 Å². The molecule has 1 aliphatic rings. The molecular weight excluding hydrogens is 411 g/mol. The Hall–Kier alpha value is -3.39. The first kappa shape index (κ1) is 21.8. The highest BCUT2D eigenvalue weighted by Crippen LogP contribution is 2.30. The molecule has 0 spiro atoms. The minimum absolute atomic E-state index is 0.0988. The number of rotatable bonds is 8. The number of primary amides is 1. The first-order valence-corrected chi connectivity index (χ1v) is 10.7. The van der Waals surface area contributed by atoms with Crippen molar-refractivity contribution in [3.63, 3.8) is 0 Å². The molecule has 3 aromatic rings. The maximum Gasteiger partial charge on any atom is 0.220 e. The Balaban J connectivity index is 1.57. The molecule has 2 atom stereocenters. The van der Waals surface area contributed by atoms with Gasteiger partial charge in [-0.15, -0.1) is 0 Å². The molecule has 32 heavy (non-hydrogen) atoms. The molecule has 2 aromatic carbocycles. The molecule has 0 radical (unpaired) electrons. The van der Waals surface area contributed by atoms with E-state index in [4.69, 9.17) is 10.5 Å². The lowest BCUT2D eigenvalue weighted by atomic mass is 9.91. The van der Waals surface area contributed by atoms with Crippen molar-refractivity contribution in [3.05, 3.63) is 65.6 Å². The maximum atomic E-state index is 14.6. The van der Waals surface area contributed by atoms with Gasteiger partial charge in [0.15, 0.2) is 0 Å². The number of fused-ring (bicyclic) bond motifs is 1. The molecule has 4 N–H and O–H groups in total. The smallest absolute Gasteiger partial charge is 0.220 e. The fourth-order valence-electron chi connectivity index (χ4n) is 4.32. The van der Waals surface area contributed by atoms with E-state index in [1.165, 1.54) is 13.2 Å². The van der Waals surface area contributed by atoms with Crippen molar-refractivity contribution in [2.24, 2.45) is 5.73 Å². The third-order valence-electron chi connectivity index (χ3n) is 5.96. The summed E-state index contributed by atoms with van der Waals surface area (Å²) in [6, 6.07) is 11.9. The lowest BCUT2D eigenvalue weighted by Gasteiger charge is -2.33. The van der Waals surface area contributed by atoms with Crippen LogP contribution in [0.15, 0.2) is 48.7 Å². The third kappa shape index (κ3) is 4.60. The van der Waals surface area contributed by atoms with Crippen molar-refractivity contribution in [2.45, 2.75) is 44.4 Å². The van der Waals surface area contributed by atoms with Crippen LogP contribution in [0.1, 0.15) is 36.4 Å². The molecular formula is C24H27FN4O3. The van der Waals surface area contributed by atoms with Crippen LogP contribution in [0.3, 0.4) is 0 Å². The Labute approximate surface area is 185 Å². The van der Waals surface area contributed by atoms with Crippen molar-refractivity contribution in [2.75, 3.05) is 7.11 Å². The average molecular weight is 439 g/mol. The number of aryl methyl sites for hydroxylation is 1. The Morgan fingerprint density at radius 1 is 1.31 bits per heavy atom. The molecule has 2 heterocycles. The van der Waals surface area contributed by atoms with Crippen molar-refractivity contribution in [1.29, 1.82) is 0 Å². The average Bonchev–Trinajstić information content (AvgIpc) is 3.15. The summed E-state index contributed by atoms with van der Waals surface area (Å²) >= 11 is 0. The number of carbonyl (C=O) groups excluding carboxylic acids is 2. The van der Waals surface area contributed by atoms with Gasteiger partial charge in [0, 0.05) is 54.6 Å². The summed E-state index contributed by atoms with van der Waals surface area (Å²) in [5.41, 5.74) is 7.81. The normalized spacial score (nSPS) is 18.5. The zero-order chi connectivity index (χ0) is 22.7. The summed E-state index contributed by atoms with van der Waals surface area (Å²) in [5, 5.41) is 7.52. The van der Waals surface area contributed by atoms with Gasteiger partial charge in [-0.2, -0.15) is 0 Å². The van der Waals surface area contributed by atoms with Gasteiger partial charge in [0.05, 0.1) is 13.2 Å². The van der Waals surface area contributed by atoms with Gasteiger partial charge in [0.1, 0.15) is 11.6 Å². The van der Waals surface area contributed by atoms with Crippen LogP contribution in [0.25, 0.3) is 10.9 Å². The Morgan fingerprint density at radius 2 is 2.12 bits per heavy atom. The van der Waals surface area contributed by atoms with Crippen LogP contribution in [-0.4, -0.2) is 29.5 Å². The molecule has 1 aromatic heterocycles. The first-order valence-electron chi connectivity index (χ1n) is 10.7. The number of hydrogen-bond acceptors (Lipinski definition) is 4. The molecule has 7 nitrogen and oxygen atoms in total. The predicted octanol–water partition coefficient (Wildman–Crippen LogP) is 2.77. The number of piperidine rings is 1. The van der Waals surface area contributed by atoms with Crippen LogP contribution in [0.5, 0.6) is 5.75 Å². The van der Waals surface area contributed by atoms with Gasteiger partial charge >= 0.3 is 0 Å². The van der Waals surface area contributed by atoms with Crippen molar-refractivity contribution in [3.8, 4) is 5.75 Å². The first-order chi connectivity index (χ1) is 15.5. The minimum Gasteiger partial charge on any atom is -0.497 e. The summed E-state index contributed by atoms with van der Waals surface area (Å²) in [4.78, 5) is 23.3. The molecule has 1 fully saturated rings. The fraction of sp³-hybridized carbons (Fsp3) is 0.333. The van der Waals surface area contributed by atoms with E-state index < -0.39 is 6.04 Å². The van der Waals surface area contributed by atoms with E-state index in [1.807, 2.05) is 35.0 Å². The Bertz CT molecular complexity index is 1140. The quantitative estimate of drug-likeness (QED) is 0.504. The number of aromatic nitrogens is 1. The Kier molecular flexibility index (Phi) is 6.41. The SMILES string of the molecule is COc1ccc(F)c([C@@H]2NC(=O)CC[C@H]2NCc2cn(CCC(N)=O)c3ccccc23)c1. The summed E-state index contributed by atoms with van der Waals surface area (Å²) in [6.07, 6.45) is 3.24. The van der Waals surface area contributed by atoms with Crippen LogP contribution in [0.2, 0.25) is 0 Å². The maximum absolute atomic E-state index is 14.6. The number of hydrogen-bond donors (Lipinski definition) is 3. The van der Waals surface area contributed by atoms with Gasteiger partial charge in [-0.05, 0) is 36.2 Å². The summed E-state index contributed by atoms with van der Waals surface area (Å²) < 4.78 is 21.9. The van der Waals surface area contributed by atoms with Gasteiger partial charge < -0.3 is 25.7 Å². The molecule has 1 aliphatic heterocycles. The van der Waals surface area contributed by atoms with E-state index >= 15 is 0 Å². The molecule has 0 aliphatic carbocycles. The topological polar surface area (TPSA) is 98.4 Å². The molecule has 4 rings (SSSR count). The number of benzene rings is 2. The van der Waals surface area contributed by atoms with E-state index in [0.29, 0.717) is 37.2 Å². The van der Waals surface area contributed by atoms with Gasteiger partial charge in [0.2, 0.25) is 11.8 Å². The number of ether oxygens (including phenoxy) is 1. The molecule has 2 amide bonds. The minimum atomic E-state index is -0.505. The van der Waals surface area contributed by atoms with Crippen molar-refractivity contribution < 1.29 is 18.7 Å². The second-order valence-corrected chi connectivity index (χ2v) is 8.04. The molecule has 0 saturated carbocycles. The number of nitrogens with one attached hydrogen (secondary N) is 2. The van der Waals surface area contributed by atoms with E-state index in [0.717, 1.165) is 16.5 Å². The number of para-hydroxylation sites is 1. The van der Waals surface area contributed by atoms with Crippen LogP contribution < -0.4 is 21.1 Å². The molecule has 1 saturated heterocycles. The van der Waals surface area contributed by atoms with E-state index in [9.17, 15) is 14.0 Å². The predicted molar refractivity (Wildman–Crippen MR) is 119 cm³/mol. The number of nitrogens with zero attached hydrogens (tertiary/aromatic N) is 1. The number of amides is 2. The van der Waals surface area contributed by atoms with Gasteiger partial charge in [-0.1, -0.05) is 18.2 Å². The van der Waals surface area contributed by atoms with Crippen LogP contribution in [0, 0.1) is 5.82 Å². The highest BCUT2D eigenvalue weighted by Gasteiger charge is 2.32.